The Morgan fingerprint density at radius 2 is 2.00 bits per heavy atom. The number of carbonyl (C=O) groups is 1. The Hall–Kier alpha value is -1.85. The maximum Gasteiger partial charge on any atom is 0.226 e. The molecule has 5 nitrogen and oxygen atoms in total. The average molecular weight is 335 g/mol. The Labute approximate surface area is 136 Å². The topological polar surface area (TPSA) is 59.8 Å². The van der Waals surface area contributed by atoms with E-state index in [0.717, 1.165) is 18.5 Å². The first kappa shape index (κ1) is 13.8. The van der Waals surface area contributed by atoms with Crippen LogP contribution in [0.15, 0.2) is 35.8 Å². The molecule has 1 aromatic carbocycles. The second-order valence-corrected chi connectivity index (χ2v) is 6.17. The van der Waals surface area contributed by atoms with Crippen LogP contribution in [0.25, 0.3) is 0 Å². The number of hydrogen-bond donors (Lipinski definition) is 1. The smallest absolute Gasteiger partial charge is 0.226 e. The largest absolute Gasteiger partial charge is 0.328 e. The van der Waals surface area contributed by atoms with Crippen molar-refractivity contribution >= 4 is 34.9 Å². The fraction of sp³-hybridized carbons (Fsp3) is 0.267. The monoisotopic (exact) mass is 334 g/mol. The normalized spacial score (nSPS) is 20.5. The minimum Gasteiger partial charge on any atom is -0.328 e. The summed E-state index contributed by atoms with van der Waals surface area (Å²) in [5, 5.41) is 8.51. The molecule has 0 fully saturated rings. The van der Waals surface area contributed by atoms with Crippen LogP contribution in [0.1, 0.15) is 30.9 Å². The number of nitrogens with one attached hydrogen (secondary N) is 1. The maximum absolute atomic E-state index is 12.5. The third-order valence-electron chi connectivity index (χ3n) is 4.08. The van der Waals surface area contributed by atoms with Gasteiger partial charge < -0.3 is 5.32 Å². The van der Waals surface area contributed by atoms with Crippen LogP contribution >= 0.6 is 23.2 Å². The van der Waals surface area contributed by atoms with Crippen molar-refractivity contribution in [3.63, 3.8) is 0 Å². The molecule has 112 valence electrons. The zero-order valence-electron chi connectivity index (χ0n) is 11.5. The van der Waals surface area contributed by atoms with Gasteiger partial charge in [-0.15, -0.1) is 0 Å². The van der Waals surface area contributed by atoms with Gasteiger partial charge in [-0.25, -0.2) is 4.68 Å². The minimum atomic E-state index is -0.428. The molecule has 0 radical (unpaired) electrons. The van der Waals surface area contributed by atoms with Gasteiger partial charge in [-0.05, 0) is 25.0 Å². The summed E-state index contributed by atoms with van der Waals surface area (Å²) in [7, 11) is 0. The fourth-order valence-corrected chi connectivity index (χ4v) is 3.74. The van der Waals surface area contributed by atoms with E-state index in [1.807, 2.05) is 0 Å². The molecule has 1 atom stereocenters. The number of hydrogen-bond acceptors (Lipinski definition) is 4. The number of anilines is 1. The van der Waals surface area contributed by atoms with E-state index in [4.69, 9.17) is 23.2 Å². The lowest BCUT2D eigenvalue weighted by Gasteiger charge is -2.32. The summed E-state index contributed by atoms with van der Waals surface area (Å²) < 4.78 is 1.68. The molecule has 1 aromatic heterocycles. The van der Waals surface area contributed by atoms with E-state index >= 15 is 0 Å². The third-order valence-corrected chi connectivity index (χ3v) is 4.74. The molecule has 0 amide bonds. The number of fused-ring (bicyclic) bond motifs is 1. The molecule has 0 bridgehead atoms. The molecular formula is C15H12Cl2N4O. The first-order valence-electron chi connectivity index (χ1n) is 7.03. The van der Waals surface area contributed by atoms with E-state index in [1.165, 1.54) is 6.33 Å². The van der Waals surface area contributed by atoms with Crippen molar-refractivity contribution in [3.8, 4) is 0 Å². The van der Waals surface area contributed by atoms with Crippen molar-refractivity contribution in [2.75, 3.05) is 5.32 Å². The number of aromatic nitrogens is 3. The van der Waals surface area contributed by atoms with Crippen LogP contribution in [0, 0.1) is 0 Å². The van der Waals surface area contributed by atoms with E-state index < -0.39 is 6.04 Å². The Morgan fingerprint density at radius 3 is 2.77 bits per heavy atom. The second kappa shape index (κ2) is 5.11. The van der Waals surface area contributed by atoms with Crippen LogP contribution in [-0.2, 0) is 4.79 Å². The quantitative estimate of drug-likeness (QED) is 0.865. The Bertz CT molecular complexity index is 791. The van der Waals surface area contributed by atoms with E-state index in [2.05, 4.69) is 15.4 Å². The number of ketones is 1. The molecule has 7 heteroatoms. The predicted molar refractivity (Wildman–Crippen MR) is 84.1 cm³/mol. The third kappa shape index (κ3) is 1.96. The second-order valence-electron chi connectivity index (χ2n) is 5.36. The van der Waals surface area contributed by atoms with Crippen LogP contribution in [0.3, 0.4) is 0 Å². The number of benzene rings is 1. The van der Waals surface area contributed by atoms with Crippen molar-refractivity contribution in [1.82, 2.24) is 14.8 Å². The van der Waals surface area contributed by atoms with E-state index in [1.54, 1.807) is 22.9 Å². The molecule has 0 unspecified atom stereocenters. The lowest BCUT2D eigenvalue weighted by Crippen LogP contribution is -2.31. The summed E-state index contributed by atoms with van der Waals surface area (Å²) in [6, 6.07) is 4.90. The lowest BCUT2D eigenvalue weighted by atomic mass is 9.85. The van der Waals surface area contributed by atoms with Gasteiger partial charge in [0, 0.05) is 33.3 Å². The summed E-state index contributed by atoms with van der Waals surface area (Å²) in [5.74, 6) is 0.713. The summed E-state index contributed by atoms with van der Waals surface area (Å²) >= 11 is 12.8. The van der Waals surface area contributed by atoms with Crippen LogP contribution in [-0.4, -0.2) is 20.5 Å². The molecule has 1 aliphatic carbocycles. The summed E-state index contributed by atoms with van der Waals surface area (Å²) in [6.45, 7) is 0. The van der Waals surface area contributed by atoms with Crippen molar-refractivity contribution in [1.29, 1.82) is 0 Å². The van der Waals surface area contributed by atoms with Crippen molar-refractivity contribution in [3.05, 3.63) is 51.4 Å². The Balaban J connectivity index is 1.99. The molecule has 2 aromatic rings. The predicted octanol–water partition coefficient (Wildman–Crippen LogP) is 3.61. The number of allylic oxidation sites excluding steroid dienone is 2. The first-order valence-corrected chi connectivity index (χ1v) is 7.79. The average Bonchev–Trinajstić information content (AvgIpc) is 2.94. The molecule has 0 saturated carbocycles. The summed E-state index contributed by atoms with van der Waals surface area (Å²) in [4.78, 5) is 16.7. The first-order chi connectivity index (χ1) is 10.7. The molecule has 4 rings (SSSR count). The molecule has 2 heterocycles. The highest BCUT2D eigenvalue weighted by Gasteiger charge is 2.37. The van der Waals surface area contributed by atoms with Crippen LogP contribution < -0.4 is 5.32 Å². The molecule has 2 aliphatic rings. The number of nitrogens with zero attached hydrogens (tertiary/aromatic N) is 3. The van der Waals surface area contributed by atoms with Crippen molar-refractivity contribution in [2.24, 2.45) is 0 Å². The van der Waals surface area contributed by atoms with Gasteiger partial charge in [0.25, 0.3) is 0 Å². The molecule has 1 N–H and O–H groups in total. The number of halogens is 2. The zero-order chi connectivity index (χ0) is 15.3. The van der Waals surface area contributed by atoms with Crippen molar-refractivity contribution < 1.29 is 4.79 Å². The standard InChI is InChI=1S/C15H12Cl2N4O/c16-8-3-1-4-9(17)12(8)14-13-10(5-2-6-11(13)22)20-15-18-7-19-21(14)15/h1,3-4,7,14H,2,5-6H2,(H,18,19,20)/t14-/m1/s1. The van der Waals surface area contributed by atoms with Crippen LogP contribution in [0.4, 0.5) is 5.95 Å². The Morgan fingerprint density at radius 1 is 1.23 bits per heavy atom. The van der Waals surface area contributed by atoms with Gasteiger partial charge in [0.05, 0.1) is 0 Å². The zero-order valence-corrected chi connectivity index (χ0v) is 13.0. The lowest BCUT2D eigenvalue weighted by molar-refractivity contribution is -0.116. The van der Waals surface area contributed by atoms with Gasteiger partial charge in [-0.2, -0.15) is 10.1 Å². The molecule has 22 heavy (non-hydrogen) atoms. The minimum absolute atomic E-state index is 0.107. The highest BCUT2D eigenvalue weighted by atomic mass is 35.5. The van der Waals surface area contributed by atoms with E-state index in [0.29, 0.717) is 33.6 Å². The van der Waals surface area contributed by atoms with Gasteiger partial charge in [0.15, 0.2) is 5.78 Å². The number of carbonyl (C=O) groups excluding carboxylic acids is 1. The van der Waals surface area contributed by atoms with Crippen LogP contribution in [0.2, 0.25) is 10.0 Å². The summed E-state index contributed by atoms with van der Waals surface area (Å²) in [6.07, 6.45) is 3.64. The van der Waals surface area contributed by atoms with Crippen molar-refractivity contribution in [2.45, 2.75) is 25.3 Å². The molecule has 0 saturated heterocycles. The highest BCUT2D eigenvalue weighted by molar-refractivity contribution is 6.36. The molecule has 0 spiro atoms. The number of Topliss-reactive ketones (excluding diaryl/α,β-unsaturated/α-hetero) is 1. The van der Waals surface area contributed by atoms with E-state index in [-0.39, 0.29) is 5.78 Å². The Kier molecular flexibility index (Phi) is 3.20. The van der Waals surface area contributed by atoms with Gasteiger partial charge in [0.1, 0.15) is 12.4 Å². The highest BCUT2D eigenvalue weighted by Crippen LogP contribution is 2.43. The number of rotatable bonds is 1. The summed E-state index contributed by atoms with van der Waals surface area (Å²) in [5.41, 5.74) is 2.29. The maximum atomic E-state index is 12.5. The van der Waals surface area contributed by atoms with Gasteiger partial charge in [0.2, 0.25) is 5.95 Å². The van der Waals surface area contributed by atoms with Crippen LogP contribution in [0.5, 0.6) is 0 Å². The molecular weight excluding hydrogens is 323 g/mol. The van der Waals surface area contributed by atoms with Gasteiger partial charge in [-0.3, -0.25) is 4.79 Å². The molecule has 1 aliphatic heterocycles. The SMILES string of the molecule is O=C1CCCC2=C1[C@@H](c1c(Cl)cccc1Cl)n1ncnc1N2. The van der Waals surface area contributed by atoms with Gasteiger partial charge in [-0.1, -0.05) is 29.3 Å². The van der Waals surface area contributed by atoms with Gasteiger partial charge >= 0.3 is 0 Å². The van der Waals surface area contributed by atoms with E-state index in [9.17, 15) is 4.79 Å². The fourth-order valence-electron chi connectivity index (χ4n) is 3.13.